The van der Waals surface area contributed by atoms with Gasteiger partial charge in [0.15, 0.2) is 0 Å². The van der Waals surface area contributed by atoms with Gasteiger partial charge in [-0.05, 0) is 25.3 Å². The zero-order valence-electron chi connectivity index (χ0n) is 15.1. The highest BCUT2D eigenvalue weighted by molar-refractivity contribution is 6.71. The highest BCUT2D eigenvalue weighted by Crippen LogP contribution is 2.44. The number of ether oxygens (including phenoxy) is 2. The number of hydrogen-bond donors (Lipinski definition) is 0. The SMILES string of the molecule is C=C.C=CC(=O)OC1CCC[Si](OC)(OC)C1(CCCC)OC. The van der Waals surface area contributed by atoms with Crippen molar-refractivity contribution in [1.29, 1.82) is 0 Å². The summed E-state index contributed by atoms with van der Waals surface area (Å²) in [6, 6.07) is 0.847. The Morgan fingerprint density at radius 2 is 1.91 bits per heavy atom. The Morgan fingerprint density at radius 3 is 2.35 bits per heavy atom. The molecule has 1 aliphatic heterocycles. The van der Waals surface area contributed by atoms with Gasteiger partial charge < -0.3 is 18.3 Å². The van der Waals surface area contributed by atoms with E-state index in [1.165, 1.54) is 6.08 Å². The van der Waals surface area contributed by atoms with E-state index < -0.39 is 19.8 Å². The van der Waals surface area contributed by atoms with E-state index in [1.807, 2.05) is 0 Å². The fourth-order valence-electron chi connectivity index (χ4n) is 3.37. The van der Waals surface area contributed by atoms with Crippen molar-refractivity contribution >= 4 is 14.5 Å². The third-order valence-electron chi connectivity index (χ3n) is 4.49. The largest absolute Gasteiger partial charge is 0.456 e. The lowest BCUT2D eigenvalue weighted by Gasteiger charge is -2.51. The molecule has 0 bridgehead atoms. The summed E-state index contributed by atoms with van der Waals surface area (Å²) in [7, 11) is 2.39. The van der Waals surface area contributed by atoms with Gasteiger partial charge >= 0.3 is 14.5 Å². The summed E-state index contributed by atoms with van der Waals surface area (Å²) in [5, 5.41) is -0.663. The molecule has 0 aliphatic carbocycles. The summed E-state index contributed by atoms with van der Waals surface area (Å²) < 4.78 is 23.2. The summed E-state index contributed by atoms with van der Waals surface area (Å²) in [6.07, 6.45) is 5.28. The van der Waals surface area contributed by atoms with Crippen molar-refractivity contribution in [3.8, 4) is 0 Å². The number of unbranched alkanes of at least 4 members (excludes halogenated alkanes) is 1. The van der Waals surface area contributed by atoms with E-state index in [4.69, 9.17) is 18.3 Å². The molecule has 1 fully saturated rings. The van der Waals surface area contributed by atoms with Crippen molar-refractivity contribution in [2.45, 2.75) is 56.4 Å². The lowest BCUT2D eigenvalue weighted by Crippen LogP contribution is -2.71. The molecule has 6 heteroatoms. The Balaban J connectivity index is 0.00000232. The first-order valence-corrected chi connectivity index (χ1v) is 10.1. The number of hydrogen-bond acceptors (Lipinski definition) is 5. The first-order chi connectivity index (χ1) is 11.1. The lowest BCUT2D eigenvalue weighted by molar-refractivity contribution is -0.162. The van der Waals surface area contributed by atoms with E-state index >= 15 is 0 Å². The minimum atomic E-state index is -2.62. The summed E-state index contributed by atoms with van der Waals surface area (Å²) in [6.45, 7) is 11.6. The molecule has 0 N–H and O–H groups in total. The van der Waals surface area contributed by atoms with Crippen molar-refractivity contribution < 1.29 is 23.1 Å². The molecule has 1 saturated heterocycles. The number of esters is 1. The van der Waals surface area contributed by atoms with E-state index in [0.29, 0.717) is 0 Å². The van der Waals surface area contributed by atoms with Crippen LogP contribution in [0.25, 0.3) is 0 Å². The molecule has 0 spiro atoms. The normalized spacial score (nSPS) is 25.8. The molecule has 0 saturated carbocycles. The zero-order valence-corrected chi connectivity index (χ0v) is 16.1. The van der Waals surface area contributed by atoms with Crippen molar-refractivity contribution in [2.75, 3.05) is 21.3 Å². The van der Waals surface area contributed by atoms with Gasteiger partial charge in [-0.2, -0.15) is 0 Å². The minimum Gasteiger partial charge on any atom is -0.456 e. The average molecular weight is 345 g/mol. The van der Waals surface area contributed by atoms with E-state index in [1.54, 1.807) is 21.3 Å². The molecule has 1 rings (SSSR count). The molecule has 0 radical (unpaired) electrons. The van der Waals surface area contributed by atoms with Crippen LogP contribution in [-0.2, 0) is 23.1 Å². The monoisotopic (exact) mass is 344 g/mol. The van der Waals surface area contributed by atoms with Crippen LogP contribution in [0.3, 0.4) is 0 Å². The van der Waals surface area contributed by atoms with Gasteiger partial charge in [-0.1, -0.05) is 26.3 Å². The maximum absolute atomic E-state index is 11.7. The molecule has 0 aromatic carbocycles. The Labute approximate surface area is 141 Å². The van der Waals surface area contributed by atoms with Gasteiger partial charge in [0.1, 0.15) is 11.3 Å². The molecule has 0 amide bonds. The van der Waals surface area contributed by atoms with E-state index in [9.17, 15) is 4.79 Å². The van der Waals surface area contributed by atoms with Crippen LogP contribution in [0.15, 0.2) is 25.8 Å². The predicted octanol–water partition coefficient (Wildman–Crippen LogP) is 3.53. The Morgan fingerprint density at radius 1 is 1.30 bits per heavy atom. The molecule has 1 aliphatic rings. The maximum Gasteiger partial charge on any atom is 0.374 e. The van der Waals surface area contributed by atoms with Crippen LogP contribution in [0.4, 0.5) is 0 Å². The van der Waals surface area contributed by atoms with Crippen LogP contribution >= 0.6 is 0 Å². The van der Waals surface area contributed by atoms with E-state index in [-0.39, 0.29) is 6.10 Å². The highest BCUT2D eigenvalue weighted by atomic mass is 28.4. The summed E-state index contributed by atoms with van der Waals surface area (Å²) in [5.74, 6) is -0.421. The van der Waals surface area contributed by atoms with Gasteiger partial charge in [-0.15, -0.1) is 13.2 Å². The van der Waals surface area contributed by atoms with Crippen LogP contribution in [0.2, 0.25) is 6.04 Å². The fraction of sp³-hybridized carbons (Fsp3) is 0.706. The second-order valence-corrected chi connectivity index (χ2v) is 9.05. The molecule has 2 unspecified atom stereocenters. The highest BCUT2D eigenvalue weighted by Gasteiger charge is 2.64. The van der Waals surface area contributed by atoms with E-state index in [0.717, 1.165) is 38.1 Å². The average Bonchev–Trinajstić information content (AvgIpc) is 2.61. The van der Waals surface area contributed by atoms with Crippen molar-refractivity contribution in [2.24, 2.45) is 0 Å². The Hall–Kier alpha value is -0.953. The summed E-state index contributed by atoms with van der Waals surface area (Å²) >= 11 is 0. The van der Waals surface area contributed by atoms with Crippen molar-refractivity contribution in [3.63, 3.8) is 0 Å². The fourth-order valence-corrected chi connectivity index (χ4v) is 7.29. The smallest absolute Gasteiger partial charge is 0.374 e. The zero-order chi connectivity index (χ0) is 17.9. The minimum absolute atomic E-state index is 0.347. The van der Waals surface area contributed by atoms with Crippen LogP contribution in [-0.4, -0.2) is 47.2 Å². The predicted molar refractivity (Wildman–Crippen MR) is 94.4 cm³/mol. The molecule has 0 aromatic rings. The first-order valence-electron chi connectivity index (χ1n) is 8.04. The van der Waals surface area contributed by atoms with Gasteiger partial charge in [0.25, 0.3) is 0 Å². The molecular weight excluding hydrogens is 312 g/mol. The van der Waals surface area contributed by atoms with Crippen molar-refractivity contribution in [1.82, 2.24) is 0 Å². The number of rotatable bonds is 8. The molecule has 2 atom stereocenters. The van der Waals surface area contributed by atoms with Crippen LogP contribution < -0.4 is 0 Å². The lowest BCUT2D eigenvalue weighted by atomic mass is 10.0. The molecule has 1 heterocycles. The molecule has 134 valence electrons. The van der Waals surface area contributed by atoms with Gasteiger partial charge in [0, 0.05) is 27.4 Å². The number of carbonyl (C=O) groups excluding carboxylic acids is 1. The van der Waals surface area contributed by atoms with Gasteiger partial charge in [-0.3, -0.25) is 0 Å². The van der Waals surface area contributed by atoms with Gasteiger partial charge in [0.2, 0.25) is 0 Å². The molecular formula is C17H32O5Si. The van der Waals surface area contributed by atoms with Crippen LogP contribution in [0.5, 0.6) is 0 Å². The van der Waals surface area contributed by atoms with Gasteiger partial charge in [0.05, 0.1) is 0 Å². The standard InChI is InChI=1S/C15H28O5Si.C2H4/c1-6-8-11-15(17-3)13(20-14(16)7-2)10-9-12-21(15,18-4)19-5;1-2/h7,13H,2,6,8-12H2,1,3-5H3;1-2H2. The number of methoxy groups -OCH3 is 1. The topological polar surface area (TPSA) is 54.0 Å². The molecule has 0 aromatic heterocycles. The maximum atomic E-state index is 11.7. The Bertz CT molecular complexity index is 370. The second kappa shape index (κ2) is 10.8. The summed E-state index contributed by atoms with van der Waals surface area (Å²) in [4.78, 5) is 11.7. The van der Waals surface area contributed by atoms with Crippen LogP contribution in [0.1, 0.15) is 39.0 Å². The van der Waals surface area contributed by atoms with E-state index in [2.05, 4.69) is 26.7 Å². The third-order valence-corrected chi connectivity index (χ3v) is 8.88. The second-order valence-electron chi connectivity index (χ2n) is 5.38. The quantitative estimate of drug-likeness (QED) is 0.292. The third kappa shape index (κ3) is 4.53. The molecule has 23 heavy (non-hydrogen) atoms. The Kier molecular flexibility index (Phi) is 10.3. The van der Waals surface area contributed by atoms with Crippen LogP contribution in [0, 0.1) is 0 Å². The van der Waals surface area contributed by atoms with Gasteiger partial charge in [-0.25, -0.2) is 4.79 Å². The molecule has 5 nitrogen and oxygen atoms in total. The van der Waals surface area contributed by atoms with Crippen molar-refractivity contribution in [3.05, 3.63) is 25.8 Å². The summed E-state index contributed by atoms with van der Waals surface area (Å²) in [5.41, 5.74) is 0. The number of carbonyl (C=O) groups is 1. The first kappa shape index (κ1) is 22.0.